The van der Waals surface area contributed by atoms with Crippen molar-refractivity contribution in [3.8, 4) is 0 Å². The van der Waals surface area contributed by atoms with Crippen molar-refractivity contribution in [2.24, 2.45) is 11.7 Å². The first-order valence-electron chi connectivity index (χ1n) is 11.8. The molecule has 3 N–H and O–H groups in total. The van der Waals surface area contributed by atoms with E-state index in [4.69, 9.17) is 5.73 Å². The molecule has 1 aliphatic rings. The van der Waals surface area contributed by atoms with Crippen LogP contribution in [0.15, 0.2) is 79.4 Å². The highest BCUT2D eigenvalue weighted by molar-refractivity contribution is 6.05. The van der Waals surface area contributed by atoms with Crippen LogP contribution in [0.25, 0.3) is 0 Å². The monoisotopic (exact) mass is 471 g/mol. The summed E-state index contributed by atoms with van der Waals surface area (Å²) in [6.07, 6.45) is 9.67. The molecular formula is C27H29N5O3. The van der Waals surface area contributed by atoms with Crippen LogP contribution in [0.3, 0.4) is 0 Å². The molecule has 180 valence electrons. The van der Waals surface area contributed by atoms with Crippen molar-refractivity contribution in [3.05, 3.63) is 84.9 Å². The van der Waals surface area contributed by atoms with Gasteiger partial charge in [0.15, 0.2) is 5.54 Å². The molecule has 1 atom stereocenters. The number of nitrogens with zero attached hydrogens (tertiary/aromatic N) is 3. The van der Waals surface area contributed by atoms with Gasteiger partial charge in [-0.1, -0.05) is 31.0 Å². The Morgan fingerprint density at radius 2 is 1.63 bits per heavy atom. The molecule has 0 radical (unpaired) electrons. The van der Waals surface area contributed by atoms with E-state index >= 15 is 0 Å². The van der Waals surface area contributed by atoms with Gasteiger partial charge in [-0.3, -0.25) is 29.3 Å². The summed E-state index contributed by atoms with van der Waals surface area (Å²) in [7, 11) is 0. The maximum atomic E-state index is 13.9. The van der Waals surface area contributed by atoms with Crippen LogP contribution in [0.4, 0.5) is 11.4 Å². The van der Waals surface area contributed by atoms with E-state index in [9.17, 15) is 14.4 Å². The second-order valence-electron chi connectivity index (χ2n) is 8.70. The van der Waals surface area contributed by atoms with E-state index in [1.54, 1.807) is 55.0 Å². The second-order valence-corrected chi connectivity index (χ2v) is 8.70. The average molecular weight is 472 g/mol. The quantitative estimate of drug-likeness (QED) is 0.492. The normalized spacial score (nSPS) is 15.2. The zero-order valence-corrected chi connectivity index (χ0v) is 19.5. The van der Waals surface area contributed by atoms with Gasteiger partial charge in [0.2, 0.25) is 17.7 Å². The van der Waals surface area contributed by atoms with E-state index in [0.717, 1.165) is 25.7 Å². The fourth-order valence-corrected chi connectivity index (χ4v) is 5.06. The zero-order valence-electron chi connectivity index (χ0n) is 19.5. The van der Waals surface area contributed by atoms with Crippen LogP contribution >= 0.6 is 0 Å². The van der Waals surface area contributed by atoms with Crippen LogP contribution in [0.5, 0.6) is 0 Å². The van der Waals surface area contributed by atoms with Gasteiger partial charge in [-0.05, 0) is 60.7 Å². The first-order valence-corrected chi connectivity index (χ1v) is 11.8. The number of hydrogen-bond donors (Lipinski definition) is 2. The fraction of sp³-hybridized carbons (Fsp3) is 0.296. The largest absolute Gasteiger partial charge is 0.367 e. The molecule has 0 spiro atoms. The van der Waals surface area contributed by atoms with E-state index in [0.29, 0.717) is 16.9 Å². The third kappa shape index (κ3) is 5.06. The van der Waals surface area contributed by atoms with Crippen molar-refractivity contribution < 1.29 is 14.4 Å². The number of hydrogen-bond acceptors (Lipinski definition) is 5. The molecule has 8 heteroatoms. The highest BCUT2D eigenvalue weighted by Gasteiger charge is 2.53. The first kappa shape index (κ1) is 24.1. The molecule has 4 rings (SSSR count). The Hall–Kier alpha value is -4.07. The van der Waals surface area contributed by atoms with E-state index in [1.165, 1.54) is 11.1 Å². The Labute approximate surface area is 204 Å². The molecule has 0 aliphatic heterocycles. The number of primary amides is 1. The van der Waals surface area contributed by atoms with E-state index in [-0.39, 0.29) is 30.6 Å². The highest BCUT2D eigenvalue weighted by Crippen LogP contribution is 2.46. The second kappa shape index (κ2) is 10.9. The van der Waals surface area contributed by atoms with Crippen LogP contribution < -0.4 is 16.0 Å². The van der Waals surface area contributed by atoms with Crippen LogP contribution in [0.1, 0.15) is 44.1 Å². The molecular weight excluding hydrogens is 442 g/mol. The smallest absolute Gasteiger partial charge is 0.248 e. The number of aromatic nitrogens is 2. The van der Waals surface area contributed by atoms with Gasteiger partial charge in [0.25, 0.3) is 0 Å². The lowest BCUT2D eigenvalue weighted by molar-refractivity contribution is -0.131. The number of benzene rings is 1. The zero-order chi connectivity index (χ0) is 24.7. The fourth-order valence-electron chi connectivity index (χ4n) is 5.06. The minimum absolute atomic E-state index is 0.0487. The van der Waals surface area contributed by atoms with Gasteiger partial charge in [0.1, 0.15) is 0 Å². The summed E-state index contributed by atoms with van der Waals surface area (Å²) >= 11 is 0. The van der Waals surface area contributed by atoms with Gasteiger partial charge in [-0.25, -0.2) is 0 Å². The molecule has 1 aromatic carbocycles. The molecule has 1 saturated carbocycles. The van der Waals surface area contributed by atoms with Crippen molar-refractivity contribution in [2.75, 3.05) is 10.2 Å². The number of nitrogens with two attached hydrogens (primary N) is 1. The first-order chi connectivity index (χ1) is 17.0. The van der Waals surface area contributed by atoms with Crippen LogP contribution in [0, 0.1) is 5.92 Å². The van der Waals surface area contributed by atoms with Crippen molar-refractivity contribution in [3.63, 3.8) is 0 Å². The molecule has 1 unspecified atom stereocenters. The minimum atomic E-state index is -1.39. The van der Waals surface area contributed by atoms with Crippen molar-refractivity contribution >= 4 is 29.1 Å². The van der Waals surface area contributed by atoms with Gasteiger partial charge in [-0.2, -0.15) is 0 Å². The standard InChI is InChI=1S/C27H29N5O3/c28-26(35)27(20-7-4-5-8-20,21-14-17-29-18-15-21)32(23-10-2-1-3-11-23)25(34)13-12-24(33)31-22-9-6-16-30-19-22/h1-3,6,9-11,14-20H,4-5,7-8,12-13H2,(H2,28,35)(H,31,33). The maximum Gasteiger partial charge on any atom is 0.248 e. The number of nitrogens with one attached hydrogen (secondary N) is 1. The Bertz CT molecular complexity index is 1150. The SMILES string of the molecule is NC(=O)C(c1ccncc1)(C1CCCC1)N(C(=O)CCC(=O)Nc1cccnc1)c1ccccc1. The molecule has 8 nitrogen and oxygen atoms in total. The van der Waals surface area contributed by atoms with Gasteiger partial charge in [0.05, 0.1) is 11.9 Å². The number of para-hydroxylation sites is 1. The summed E-state index contributed by atoms with van der Waals surface area (Å²) in [5, 5.41) is 2.75. The Morgan fingerprint density at radius 1 is 0.914 bits per heavy atom. The number of pyridine rings is 2. The lowest BCUT2D eigenvalue weighted by Gasteiger charge is -2.46. The van der Waals surface area contributed by atoms with E-state index in [2.05, 4.69) is 15.3 Å². The molecule has 0 saturated heterocycles. The third-order valence-corrected chi connectivity index (χ3v) is 6.57. The predicted octanol–water partition coefficient (Wildman–Crippen LogP) is 3.80. The Morgan fingerprint density at radius 3 is 2.26 bits per heavy atom. The Balaban J connectivity index is 1.71. The molecule has 2 aromatic heterocycles. The lowest BCUT2D eigenvalue weighted by atomic mass is 9.74. The summed E-state index contributed by atoms with van der Waals surface area (Å²) in [6, 6.07) is 16.0. The van der Waals surface area contributed by atoms with Crippen molar-refractivity contribution in [1.82, 2.24) is 9.97 Å². The minimum Gasteiger partial charge on any atom is -0.367 e. The summed E-state index contributed by atoms with van der Waals surface area (Å²) in [6.45, 7) is 0. The third-order valence-electron chi connectivity index (χ3n) is 6.57. The van der Waals surface area contributed by atoms with Gasteiger partial charge in [0, 0.05) is 37.1 Å². The molecule has 1 aliphatic carbocycles. The summed E-state index contributed by atoms with van der Waals surface area (Å²) < 4.78 is 0. The predicted molar refractivity (Wildman–Crippen MR) is 133 cm³/mol. The maximum absolute atomic E-state index is 13.9. The van der Waals surface area contributed by atoms with Gasteiger partial charge < -0.3 is 11.1 Å². The van der Waals surface area contributed by atoms with E-state index in [1.807, 2.05) is 18.2 Å². The van der Waals surface area contributed by atoms with Gasteiger partial charge >= 0.3 is 0 Å². The van der Waals surface area contributed by atoms with Crippen molar-refractivity contribution in [2.45, 2.75) is 44.1 Å². The lowest BCUT2D eigenvalue weighted by Crippen LogP contribution is -2.61. The molecule has 3 aromatic rings. The molecule has 35 heavy (non-hydrogen) atoms. The molecule has 2 heterocycles. The summed E-state index contributed by atoms with van der Waals surface area (Å²) in [5.74, 6) is -1.41. The Kier molecular flexibility index (Phi) is 7.50. The summed E-state index contributed by atoms with van der Waals surface area (Å²) in [5.41, 5.74) is 6.53. The topological polar surface area (TPSA) is 118 Å². The van der Waals surface area contributed by atoms with Crippen LogP contribution in [-0.2, 0) is 19.9 Å². The van der Waals surface area contributed by atoms with Gasteiger partial charge in [-0.15, -0.1) is 0 Å². The number of carbonyl (C=O) groups is 3. The molecule has 0 bridgehead atoms. The van der Waals surface area contributed by atoms with Crippen LogP contribution in [-0.4, -0.2) is 27.7 Å². The average Bonchev–Trinajstić information content (AvgIpc) is 3.42. The number of rotatable bonds is 9. The van der Waals surface area contributed by atoms with E-state index < -0.39 is 11.4 Å². The molecule has 1 fully saturated rings. The van der Waals surface area contributed by atoms with Crippen molar-refractivity contribution in [1.29, 1.82) is 0 Å². The van der Waals surface area contributed by atoms with Crippen LogP contribution in [0.2, 0.25) is 0 Å². The number of amides is 3. The molecule has 3 amide bonds. The number of anilines is 2. The highest BCUT2D eigenvalue weighted by atomic mass is 16.2. The summed E-state index contributed by atoms with van der Waals surface area (Å²) in [4.78, 5) is 49.5. The number of carbonyl (C=O) groups excluding carboxylic acids is 3.